The molecule has 1 amide bonds. The van der Waals surface area contributed by atoms with Crippen molar-refractivity contribution in [2.75, 3.05) is 0 Å². The molecule has 2 rings (SSSR count). The molecule has 1 unspecified atom stereocenters. The lowest BCUT2D eigenvalue weighted by Gasteiger charge is -2.39. The zero-order valence-electron chi connectivity index (χ0n) is 15.6. The molecule has 0 saturated carbocycles. The number of nitrogens with zero attached hydrogens (tertiary/aromatic N) is 1. The highest BCUT2D eigenvalue weighted by molar-refractivity contribution is 8.16. The molecule has 0 aromatic heterocycles. The van der Waals surface area contributed by atoms with Gasteiger partial charge in [-0.25, -0.2) is 4.79 Å². The van der Waals surface area contributed by atoms with E-state index in [4.69, 9.17) is 16.7 Å². The fraction of sp³-hybridized carbons (Fsp3) is 0.588. The van der Waals surface area contributed by atoms with Crippen LogP contribution in [-0.2, 0) is 19.2 Å². The van der Waals surface area contributed by atoms with Crippen LogP contribution in [0.1, 0.15) is 41.5 Å². The molecule has 0 aromatic carbocycles. The van der Waals surface area contributed by atoms with Crippen LogP contribution in [0.3, 0.4) is 0 Å². The second-order valence-electron chi connectivity index (χ2n) is 7.68. The number of carboxylic acids is 2. The number of ketones is 1. The molecule has 2 aliphatic rings. The molecule has 2 fully saturated rings. The van der Waals surface area contributed by atoms with Crippen molar-refractivity contribution in [3.63, 3.8) is 0 Å². The maximum absolute atomic E-state index is 12.1. The molecule has 26 heavy (non-hydrogen) atoms. The van der Waals surface area contributed by atoms with Crippen molar-refractivity contribution in [2.24, 2.45) is 5.41 Å². The van der Waals surface area contributed by atoms with E-state index in [9.17, 15) is 24.3 Å². The third-order valence-corrected chi connectivity index (χ3v) is 7.31. The van der Waals surface area contributed by atoms with E-state index >= 15 is 0 Å². The summed E-state index contributed by atoms with van der Waals surface area (Å²) in [6.07, 6.45) is 0. The highest BCUT2D eigenvalue weighted by Gasteiger charge is 2.63. The van der Waals surface area contributed by atoms with Crippen LogP contribution >= 0.6 is 22.1 Å². The summed E-state index contributed by atoms with van der Waals surface area (Å²) < 4.78 is -0.651. The molecule has 146 valence electrons. The number of allylic oxidation sites excluding steroid dienone is 1. The van der Waals surface area contributed by atoms with Gasteiger partial charge in [-0.3, -0.25) is 14.4 Å². The standard InChI is InChI=1S/C12H14ClNO4S.C5H10O2/c1-5(15)7(13)6-9(16)14-8(11(17)18)12(2,3)19(4)10(6)14;1-5(2,3)4(6)7/h8,10H,4H2,1-3H3,(H,17,18);1-3H3,(H,6,7)/t8-,10+,19?;/m0./s1. The number of Topliss-reactive ketones (excluding diaryl/α,β-unsaturated/α-hetero) is 1. The van der Waals surface area contributed by atoms with Gasteiger partial charge < -0.3 is 15.1 Å². The summed E-state index contributed by atoms with van der Waals surface area (Å²) in [7, 11) is -0.630. The van der Waals surface area contributed by atoms with Gasteiger partial charge in [-0.05, 0) is 34.6 Å². The summed E-state index contributed by atoms with van der Waals surface area (Å²) in [5.74, 6) is 1.33. The van der Waals surface area contributed by atoms with Crippen LogP contribution < -0.4 is 0 Å². The molecular formula is C17H24ClNO6S. The zero-order chi connectivity index (χ0) is 20.8. The summed E-state index contributed by atoms with van der Waals surface area (Å²) in [5.41, 5.74) is -0.371. The van der Waals surface area contributed by atoms with E-state index in [1.165, 1.54) is 11.8 Å². The molecule has 3 atom stereocenters. The molecule has 0 spiro atoms. The third kappa shape index (κ3) is 3.71. The Morgan fingerprint density at radius 3 is 1.96 bits per heavy atom. The molecule has 2 N–H and O–H groups in total. The smallest absolute Gasteiger partial charge is 0.327 e. The van der Waals surface area contributed by atoms with Gasteiger partial charge in [0.05, 0.1) is 16.0 Å². The Bertz CT molecular complexity index is 734. The van der Waals surface area contributed by atoms with Crippen molar-refractivity contribution < 1.29 is 29.4 Å². The van der Waals surface area contributed by atoms with Gasteiger partial charge in [0.15, 0.2) is 5.78 Å². The predicted molar refractivity (Wildman–Crippen MR) is 101 cm³/mol. The molecule has 2 saturated heterocycles. The second kappa shape index (κ2) is 7.15. The first-order valence-electron chi connectivity index (χ1n) is 7.79. The lowest BCUT2D eigenvalue weighted by atomic mass is 9.95. The fourth-order valence-electron chi connectivity index (χ4n) is 2.53. The average Bonchev–Trinajstić information content (AvgIpc) is 2.64. The first kappa shape index (κ1) is 22.4. The summed E-state index contributed by atoms with van der Waals surface area (Å²) >= 11 is 5.88. The minimum atomic E-state index is -1.06. The zero-order valence-corrected chi connectivity index (χ0v) is 17.2. The monoisotopic (exact) mass is 405 g/mol. The number of halogens is 1. The first-order chi connectivity index (χ1) is 11.6. The molecular weight excluding hydrogens is 382 g/mol. The van der Waals surface area contributed by atoms with Gasteiger partial charge in [-0.2, -0.15) is 10.5 Å². The largest absolute Gasteiger partial charge is 0.481 e. The molecule has 2 heterocycles. The molecule has 9 heteroatoms. The predicted octanol–water partition coefficient (Wildman–Crippen LogP) is 2.30. The van der Waals surface area contributed by atoms with Crippen LogP contribution in [0.25, 0.3) is 0 Å². The number of rotatable bonds is 2. The number of fused-ring (bicyclic) bond motifs is 1. The van der Waals surface area contributed by atoms with Crippen LogP contribution in [0.5, 0.6) is 0 Å². The lowest BCUT2D eigenvalue weighted by molar-refractivity contribution is -0.152. The van der Waals surface area contributed by atoms with Crippen LogP contribution in [0.15, 0.2) is 10.6 Å². The van der Waals surface area contributed by atoms with E-state index in [2.05, 4.69) is 5.87 Å². The Labute approximate surface area is 159 Å². The van der Waals surface area contributed by atoms with Gasteiger partial charge in [0.1, 0.15) is 11.4 Å². The highest BCUT2D eigenvalue weighted by atomic mass is 35.5. The summed E-state index contributed by atoms with van der Waals surface area (Å²) in [6.45, 7) is 9.81. The Kier molecular flexibility index (Phi) is 6.15. The minimum absolute atomic E-state index is 0.103. The van der Waals surface area contributed by atoms with Crippen molar-refractivity contribution in [2.45, 2.75) is 57.7 Å². The van der Waals surface area contributed by atoms with Crippen LogP contribution in [0.2, 0.25) is 0 Å². The second-order valence-corrected chi connectivity index (χ2v) is 10.4. The average molecular weight is 406 g/mol. The third-order valence-electron chi connectivity index (χ3n) is 4.27. The van der Waals surface area contributed by atoms with Gasteiger partial charge >= 0.3 is 11.9 Å². The van der Waals surface area contributed by atoms with Gasteiger partial charge in [-0.1, -0.05) is 17.5 Å². The van der Waals surface area contributed by atoms with E-state index in [1.54, 1.807) is 34.6 Å². The van der Waals surface area contributed by atoms with E-state index in [0.717, 1.165) is 0 Å². The minimum Gasteiger partial charge on any atom is -0.481 e. The van der Waals surface area contributed by atoms with Gasteiger partial charge in [0.2, 0.25) is 0 Å². The molecule has 0 aromatic rings. The van der Waals surface area contributed by atoms with Gasteiger partial charge in [-0.15, -0.1) is 0 Å². The number of aliphatic carboxylic acids is 2. The molecule has 0 aliphatic carbocycles. The van der Waals surface area contributed by atoms with Crippen molar-refractivity contribution in [1.82, 2.24) is 4.90 Å². The van der Waals surface area contributed by atoms with Crippen molar-refractivity contribution in [3.05, 3.63) is 10.6 Å². The quantitative estimate of drug-likeness (QED) is 0.414. The number of β-lactam (4-membered cyclic amide) rings is 1. The topological polar surface area (TPSA) is 112 Å². The maximum atomic E-state index is 12.1. The number of carboxylic acid groups (broad SMARTS) is 2. The number of hydrogen-bond acceptors (Lipinski definition) is 4. The van der Waals surface area contributed by atoms with Crippen LogP contribution in [-0.4, -0.2) is 60.8 Å². The SMILES string of the molecule is C=S1[C@@H]2C(=C(Cl)C(C)=O)C(=O)N2[C@@H](C(=O)O)C1(C)C.CC(C)(C)C(=O)O. The molecule has 0 bridgehead atoms. The molecule has 2 aliphatic heterocycles. The van der Waals surface area contributed by atoms with Crippen LogP contribution in [0.4, 0.5) is 0 Å². The lowest BCUT2D eigenvalue weighted by Crippen LogP contribution is -2.59. The Balaban J connectivity index is 0.000000412. The van der Waals surface area contributed by atoms with Crippen LogP contribution in [0, 0.1) is 5.41 Å². The Hall–Kier alpha value is -1.67. The summed E-state index contributed by atoms with van der Waals surface area (Å²) in [6, 6.07) is -0.925. The Morgan fingerprint density at radius 2 is 1.65 bits per heavy atom. The van der Waals surface area contributed by atoms with Crippen molar-refractivity contribution in [3.8, 4) is 0 Å². The van der Waals surface area contributed by atoms with Gasteiger partial charge in [0, 0.05) is 11.7 Å². The van der Waals surface area contributed by atoms with Crippen molar-refractivity contribution >= 4 is 51.6 Å². The molecule has 0 radical (unpaired) electrons. The number of hydrogen-bond donors (Lipinski definition) is 2. The van der Waals surface area contributed by atoms with E-state index in [1.807, 2.05) is 0 Å². The van der Waals surface area contributed by atoms with E-state index < -0.39 is 55.7 Å². The fourth-order valence-corrected chi connectivity index (χ4v) is 4.85. The number of amides is 1. The number of carbonyl (C=O) groups is 4. The van der Waals surface area contributed by atoms with E-state index in [-0.39, 0.29) is 10.6 Å². The van der Waals surface area contributed by atoms with E-state index in [0.29, 0.717) is 0 Å². The normalized spacial score (nSPS) is 28.3. The summed E-state index contributed by atoms with van der Waals surface area (Å²) in [4.78, 5) is 46.1. The highest BCUT2D eigenvalue weighted by Crippen LogP contribution is 2.57. The first-order valence-corrected chi connectivity index (χ1v) is 9.62. The molecule has 7 nitrogen and oxygen atoms in total. The van der Waals surface area contributed by atoms with Gasteiger partial charge in [0.25, 0.3) is 5.91 Å². The Morgan fingerprint density at radius 1 is 1.23 bits per heavy atom. The number of carbonyl (C=O) groups excluding carboxylic acids is 2. The summed E-state index contributed by atoms with van der Waals surface area (Å²) in [5, 5.41) is 17.0. The van der Waals surface area contributed by atoms with Crippen molar-refractivity contribution in [1.29, 1.82) is 0 Å². The maximum Gasteiger partial charge on any atom is 0.327 e.